The summed E-state index contributed by atoms with van der Waals surface area (Å²) in [5.74, 6) is -1.85. The van der Waals surface area contributed by atoms with Gasteiger partial charge in [0.1, 0.15) is 0 Å². The number of halogens is 2. The zero-order valence-corrected chi connectivity index (χ0v) is 10.2. The molecule has 0 radical (unpaired) electrons. The smallest absolute Gasteiger partial charge is 0.164 e. The summed E-state index contributed by atoms with van der Waals surface area (Å²) in [7, 11) is 0. The maximum atomic E-state index is 13.4. The highest BCUT2D eigenvalue weighted by Crippen LogP contribution is 2.25. The van der Waals surface area contributed by atoms with Gasteiger partial charge in [-0.1, -0.05) is 12.1 Å². The van der Waals surface area contributed by atoms with Crippen LogP contribution in [0.15, 0.2) is 18.2 Å². The molecule has 4 heteroatoms. The van der Waals surface area contributed by atoms with Gasteiger partial charge in [0.25, 0.3) is 0 Å². The van der Waals surface area contributed by atoms with Gasteiger partial charge in [-0.15, -0.1) is 0 Å². The molecule has 2 unspecified atom stereocenters. The first-order chi connectivity index (χ1) is 8.68. The molecule has 1 aliphatic rings. The highest BCUT2D eigenvalue weighted by molar-refractivity contribution is 5.21. The summed E-state index contributed by atoms with van der Waals surface area (Å²) < 4.78 is 31.9. The lowest BCUT2D eigenvalue weighted by Crippen LogP contribution is -2.07. The first kappa shape index (κ1) is 13.4. The summed E-state index contributed by atoms with van der Waals surface area (Å²) in [4.78, 5) is 0. The van der Waals surface area contributed by atoms with Gasteiger partial charge in [0.05, 0.1) is 12.2 Å². The second kappa shape index (κ2) is 6.25. The van der Waals surface area contributed by atoms with Crippen molar-refractivity contribution in [1.82, 2.24) is 0 Å². The highest BCUT2D eigenvalue weighted by atomic mass is 19.2. The van der Waals surface area contributed by atoms with Crippen LogP contribution in [-0.2, 0) is 4.74 Å². The lowest BCUT2D eigenvalue weighted by molar-refractivity contribution is 0.0939. The fourth-order valence-corrected chi connectivity index (χ4v) is 2.34. The maximum absolute atomic E-state index is 13.4. The van der Waals surface area contributed by atoms with Crippen LogP contribution in [0, 0.1) is 11.6 Å². The van der Waals surface area contributed by atoms with E-state index in [0.717, 1.165) is 38.4 Å². The van der Waals surface area contributed by atoms with Crippen molar-refractivity contribution in [1.29, 1.82) is 0 Å². The standard InChI is InChI=1S/C14H18F2O2/c15-12-7-2-6-11(14(12)16)13(17)8-1-4-10-5-3-9-18-10/h2,6-7,10,13,17H,1,3-5,8-9H2. The molecule has 1 heterocycles. The normalized spacial score (nSPS) is 21.2. The van der Waals surface area contributed by atoms with E-state index in [0.29, 0.717) is 6.42 Å². The van der Waals surface area contributed by atoms with Crippen LogP contribution in [0.25, 0.3) is 0 Å². The number of rotatable bonds is 5. The summed E-state index contributed by atoms with van der Waals surface area (Å²) in [6, 6.07) is 3.89. The third-order valence-corrected chi connectivity index (χ3v) is 3.37. The maximum Gasteiger partial charge on any atom is 0.164 e. The topological polar surface area (TPSA) is 29.5 Å². The van der Waals surface area contributed by atoms with E-state index >= 15 is 0 Å². The predicted octanol–water partition coefficient (Wildman–Crippen LogP) is 3.35. The van der Waals surface area contributed by atoms with Crippen LogP contribution in [0.2, 0.25) is 0 Å². The van der Waals surface area contributed by atoms with E-state index in [-0.39, 0.29) is 11.7 Å². The largest absolute Gasteiger partial charge is 0.388 e. The van der Waals surface area contributed by atoms with Crippen LogP contribution in [-0.4, -0.2) is 17.8 Å². The van der Waals surface area contributed by atoms with Gasteiger partial charge in [0, 0.05) is 12.2 Å². The molecular weight excluding hydrogens is 238 g/mol. The van der Waals surface area contributed by atoms with Gasteiger partial charge in [0.2, 0.25) is 0 Å². The number of hydrogen-bond donors (Lipinski definition) is 1. The number of ether oxygens (including phenoxy) is 1. The minimum atomic E-state index is -0.942. The van der Waals surface area contributed by atoms with Crippen molar-refractivity contribution in [2.75, 3.05) is 6.61 Å². The Morgan fingerprint density at radius 2 is 2.22 bits per heavy atom. The Kier molecular flexibility index (Phi) is 4.66. The fourth-order valence-electron chi connectivity index (χ4n) is 2.34. The molecule has 1 fully saturated rings. The third-order valence-electron chi connectivity index (χ3n) is 3.37. The monoisotopic (exact) mass is 256 g/mol. The molecule has 2 nitrogen and oxygen atoms in total. The van der Waals surface area contributed by atoms with Crippen molar-refractivity contribution in [3.8, 4) is 0 Å². The molecule has 1 aromatic rings. The SMILES string of the molecule is OC(CCCC1CCCO1)c1cccc(F)c1F. The first-order valence-electron chi connectivity index (χ1n) is 6.42. The van der Waals surface area contributed by atoms with Crippen LogP contribution in [0.4, 0.5) is 8.78 Å². The van der Waals surface area contributed by atoms with Gasteiger partial charge in [-0.2, -0.15) is 0 Å². The molecule has 0 aromatic heterocycles. The van der Waals surface area contributed by atoms with Crippen LogP contribution in [0.1, 0.15) is 43.8 Å². The summed E-state index contributed by atoms with van der Waals surface area (Å²) in [6.45, 7) is 0.811. The van der Waals surface area contributed by atoms with Crippen molar-refractivity contribution in [2.45, 2.75) is 44.3 Å². The zero-order valence-electron chi connectivity index (χ0n) is 10.2. The molecule has 2 rings (SSSR count). The average Bonchev–Trinajstić information content (AvgIpc) is 2.85. The lowest BCUT2D eigenvalue weighted by Gasteiger charge is -2.14. The molecule has 0 bridgehead atoms. The second-order valence-electron chi connectivity index (χ2n) is 4.72. The van der Waals surface area contributed by atoms with E-state index in [4.69, 9.17) is 4.74 Å². The first-order valence-corrected chi connectivity index (χ1v) is 6.42. The van der Waals surface area contributed by atoms with Crippen LogP contribution in [0.3, 0.4) is 0 Å². The van der Waals surface area contributed by atoms with Gasteiger partial charge in [-0.05, 0) is 38.2 Å². The Morgan fingerprint density at radius 1 is 1.39 bits per heavy atom. The third kappa shape index (κ3) is 3.27. The van der Waals surface area contributed by atoms with Crippen molar-refractivity contribution < 1.29 is 18.6 Å². The van der Waals surface area contributed by atoms with Gasteiger partial charge in [0.15, 0.2) is 11.6 Å². The van der Waals surface area contributed by atoms with Gasteiger partial charge >= 0.3 is 0 Å². The van der Waals surface area contributed by atoms with E-state index < -0.39 is 17.7 Å². The van der Waals surface area contributed by atoms with E-state index in [1.54, 1.807) is 0 Å². The van der Waals surface area contributed by atoms with Gasteiger partial charge in [-0.3, -0.25) is 0 Å². The van der Waals surface area contributed by atoms with Crippen molar-refractivity contribution in [2.24, 2.45) is 0 Å². The molecule has 18 heavy (non-hydrogen) atoms. The van der Waals surface area contributed by atoms with Crippen molar-refractivity contribution in [3.05, 3.63) is 35.4 Å². The molecule has 0 saturated carbocycles. The fraction of sp³-hybridized carbons (Fsp3) is 0.571. The van der Waals surface area contributed by atoms with E-state index in [1.165, 1.54) is 12.1 Å². The quantitative estimate of drug-likeness (QED) is 0.875. The zero-order chi connectivity index (χ0) is 13.0. The molecule has 1 aliphatic heterocycles. The minimum Gasteiger partial charge on any atom is -0.388 e. The van der Waals surface area contributed by atoms with E-state index in [9.17, 15) is 13.9 Å². The number of benzene rings is 1. The Hall–Kier alpha value is -1.00. The molecule has 1 N–H and O–H groups in total. The molecule has 0 spiro atoms. The Morgan fingerprint density at radius 3 is 2.94 bits per heavy atom. The molecule has 0 aliphatic carbocycles. The summed E-state index contributed by atoms with van der Waals surface area (Å²) in [6.07, 6.45) is 3.53. The minimum absolute atomic E-state index is 0.0438. The molecule has 1 aromatic carbocycles. The van der Waals surface area contributed by atoms with Crippen LogP contribution >= 0.6 is 0 Å². The van der Waals surface area contributed by atoms with E-state index in [2.05, 4.69) is 0 Å². The molecular formula is C14H18F2O2. The second-order valence-corrected chi connectivity index (χ2v) is 4.72. The summed E-state index contributed by atoms with van der Waals surface area (Å²) in [5, 5.41) is 9.85. The highest BCUT2D eigenvalue weighted by Gasteiger charge is 2.18. The molecule has 100 valence electrons. The van der Waals surface area contributed by atoms with Crippen LogP contribution in [0.5, 0.6) is 0 Å². The number of aliphatic hydroxyl groups is 1. The van der Waals surface area contributed by atoms with Crippen molar-refractivity contribution >= 4 is 0 Å². The molecule has 0 amide bonds. The Bertz CT molecular complexity index is 389. The summed E-state index contributed by atoms with van der Waals surface area (Å²) in [5.41, 5.74) is 0.0438. The van der Waals surface area contributed by atoms with Crippen LogP contribution < -0.4 is 0 Å². The average molecular weight is 256 g/mol. The molecule has 2 atom stereocenters. The Balaban J connectivity index is 1.83. The van der Waals surface area contributed by atoms with Crippen molar-refractivity contribution in [3.63, 3.8) is 0 Å². The van der Waals surface area contributed by atoms with Gasteiger partial charge in [-0.25, -0.2) is 8.78 Å². The summed E-state index contributed by atoms with van der Waals surface area (Å²) >= 11 is 0. The van der Waals surface area contributed by atoms with E-state index in [1.807, 2.05) is 0 Å². The lowest BCUT2D eigenvalue weighted by atomic mass is 10.0. The number of aliphatic hydroxyl groups excluding tert-OH is 1. The van der Waals surface area contributed by atoms with Gasteiger partial charge < -0.3 is 9.84 Å². The Labute approximate surface area is 106 Å². The molecule has 1 saturated heterocycles. The number of hydrogen-bond acceptors (Lipinski definition) is 2. The predicted molar refractivity (Wildman–Crippen MR) is 64.1 cm³/mol.